The van der Waals surface area contributed by atoms with E-state index in [4.69, 9.17) is 27.9 Å². The van der Waals surface area contributed by atoms with E-state index in [0.717, 1.165) is 0 Å². The van der Waals surface area contributed by atoms with Gasteiger partial charge in [-0.05, 0) is 48.5 Å². The van der Waals surface area contributed by atoms with Gasteiger partial charge in [-0.15, -0.1) is 0 Å². The third-order valence-corrected chi connectivity index (χ3v) is 7.90. The Morgan fingerprint density at radius 1 is 0.857 bits per heavy atom. The molecule has 3 aromatic rings. The van der Waals surface area contributed by atoms with Gasteiger partial charge in [0.2, 0.25) is 10.0 Å². The Labute approximate surface area is 212 Å². The van der Waals surface area contributed by atoms with Gasteiger partial charge in [-0.1, -0.05) is 41.4 Å². The Balaban J connectivity index is 1.57. The number of nitrogens with one attached hydrogen (secondary N) is 2. The van der Waals surface area contributed by atoms with Gasteiger partial charge in [0.15, 0.2) is 0 Å². The summed E-state index contributed by atoms with van der Waals surface area (Å²) < 4.78 is 32.6. The fraction of sp³-hybridized carbons (Fsp3) is 0.167. The molecule has 2 amide bonds. The van der Waals surface area contributed by atoms with E-state index in [1.54, 1.807) is 48.5 Å². The first-order valence-corrected chi connectivity index (χ1v) is 12.8. The standard InChI is InChI=1S/C24H21Cl2N3O5S/c25-17-4-3-5-18(15-17)27-24(31)19-6-1-2-7-21(19)28-23(30)16-8-9-20(26)22(14-16)35(32,33)29-10-12-34-13-11-29/h1-9,14-15H,10-13H2,(H,27,31)(H,28,30). The summed E-state index contributed by atoms with van der Waals surface area (Å²) in [6.07, 6.45) is 0. The van der Waals surface area contributed by atoms with Gasteiger partial charge < -0.3 is 15.4 Å². The summed E-state index contributed by atoms with van der Waals surface area (Å²) in [4.78, 5) is 25.7. The van der Waals surface area contributed by atoms with E-state index in [1.807, 2.05) is 0 Å². The van der Waals surface area contributed by atoms with Crippen LogP contribution in [0.2, 0.25) is 10.0 Å². The number of amides is 2. The molecule has 0 saturated carbocycles. The van der Waals surface area contributed by atoms with Crippen molar-refractivity contribution >= 4 is 56.4 Å². The molecular formula is C24H21Cl2N3O5S. The van der Waals surface area contributed by atoms with E-state index in [-0.39, 0.29) is 53.0 Å². The second-order valence-electron chi connectivity index (χ2n) is 7.63. The maximum absolute atomic E-state index is 13.1. The van der Waals surface area contributed by atoms with Crippen molar-refractivity contribution in [3.05, 3.63) is 87.9 Å². The second-order valence-corrected chi connectivity index (χ2v) is 10.4. The summed E-state index contributed by atoms with van der Waals surface area (Å²) in [5, 5.41) is 5.90. The van der Waals surface area contributed by atoms with Gasteiger partial charge in [-0.3, -0.25) is 9.59 Å². The Morgan fingerprint density at radius 2 is 1.60 bits per heavy atom. The molecule has 0 unspecified atom stereocenters. The van der Waals surface area contributed by atoms with Crippen molar-refractivity contribution in [2.24, 2.45) is 0 Å². The predicted octanol–water partition coefficient (Wildman–Crippen LogP) is 4.52. The highest BCUT2D eigenvalue weighted by atomic mass is 35.5. The van der Waals surface area contributed by atoms with Crippen molar-refractivity contribution in [2.75, 3.05) is 36.9 Å². The third kappa shape index (κ3) is 5.83. The van der Waals surface area contributed by atoms with Crippen molar-refractivity contribution in [1.82, 2.24) is 4.31 Å². The lowest BCUT2D eigenvalue weighted by Gasteiger charge is -2.26. The fourth-order valence-corrected chi connectivity index (χ4v) is 5.62. The molecule has 0 aliphatic carbocycles. The van der Waals surface area contributed by atoms with E-state index in [2.05, 4.69) is 10.6 Å². The molecular weight excluding hydrogens is 513 g/mol. The molecule has 0 atom stereocenters. The van der Waals surface area contributed by atoms with E-state index < -0.39 is 21.8 Å². The molecule has 1 aliphatic rings. The first-order chi connectivity index (χ1) is 16.8. The maximum Gasteiger partial charge on any atom is 0.257 e. The van der Waals surface area contributed by atoms with Gasteiger partial charge in [-0.25, -0.2) is 8.42 Å². The zero-order valence-electron chi connectivity index (χ0n) is 18.3. The number of ether oxygens (including phenoxy) is 1. The van der Waals surface area contributed by atoms with E-state index >= 15 is 0 Å². The normalized spacial score (nSPS) is 14.3. The number of para-hydroxylation sites is 1. The molecule has 0 bridgehead atoms. The molecule has 8 nitrogen and oxygen atoms in total. The molecule has 182 valence electrons. The minimum absolute atomic E-state index is 0.00865. The number of rotatable bonds is 6. The highest BCUT2D eigenvalue weighted by molar-refractivity contribution is 7.89. The lowest BCUT2D eigenvalue weighted by atomic mass is 10.1. The van der Waals surface area contributed by atoms with Crippen LogP contribution < -0.4 is 10.6 Å². The van der Waals surface area contributed by atoms with Crippen molar-refractivity contribution in [3.63, 3.8) is 0 Å². The lowest BCUT2D eigenvalue weighted by molar-refractivity contribution is 0.0730. The minimum Gasteiger partial charge on any atom is -0.379 e. The van der Waals surface area contributed by atoms with Crippen LogP contribution in [-0.4, -0.2) is 50.8 Å². The molecule has 4 rings (SSSR count). The van der Waals surface area contributed by atoms with Crippen molar-refractivity contribution in [3.8, 4) is 0 Å². The monoisotopic (exact) mass is 533 g/mol. The largest absolute Gasteiger partial charge is 0.379 e. The SMILES string of the molecule is O=C(Nc1ccccc1C(=O)Nc1cccc(Cl)c1)c1ccc(Cl)c(S(=O)(=O)N2CCOCC2)c1. The summed E-state index contributed by atoms with van der Waals surface area (Å²) >= 11 is 12.2. The van der Waals surface area contributed by atoms with Crippen LogP contribution >= 0.6 is 23.2 Å². The van der Waals surface area contributed by atoms with Gasteiger partial charge in [0.05, 0.1) is 29.5 Å². The number of halogens is 2. The number of nitrogens with zero attached hydrogens (tertiary/aromatic N) is 1. The maximum atomic E-state index is 13.1. The molecule has 0 spiro atoms. The average Bonchev–Trinajstić information content (AvgIpc) is 2.85. The third-order valence-electron chi connectivity index (χ3n) is 5.28. The topological polar surface area (TPSA) is 105 Å². The van der Waals surface area contributed by atoms with Crippen LogP contribution in [-0.2, 0) is 14.8 Å². The van der Waals surface area contributed by atoms with Crippen LogP contribution in [0.1, 0.15) is 20.7 Å². The quantitative estimate of drug-likeness (QED) is 0.484. The highest BCUT2D eigenvalue weighted by Gasteiger charge is 2.29. The Hall–Kier alpha value is -2.95. The van der Waals surface area contributed by atoms with Gasteiger partial charge in [0.25, 0.3) is 11.8 Å². The summed E-state index contributed by atoms with van der Waals surface area (Å²) in [6.45, 7) is 0.963. The molecule has 11 heteroatoms. The van der Waals surface area contributed by atoms with E-state index in [1.165, 1.54) is 22.5 Å². The number of anilines is 2. The van der Waals surface area contributed by atoms with Crippen LogP contribution in [0.25, 0.3) is 0 Å². The Kier molecular flexibility index (Phi) is 7.73. The molecule has 1 heterocycles. The van der Waals surface area contributed by atoms with Gasteiger partial charge in [-0.2, -0.15) is 4.31 Å². The summed E-state index contributed by atoms with van der Waals surface area (Å²) in [5.74, 6) is -1.04. The lowest BCUT2D eigenvalue weighted by Crippen LogP contribution is -2.40. The number of hydrogen-bond acceptors (Lipinski definition) is 5. The zero-order chi connectivity index (χ0) is 25.0. The first-order valence-electron chi connectivity index (χ1n) is 10.6. The van der Waals surface area contributed by atoms with Gasteiger partial charge in [0, 0.05) is 29.4 Å². The minimum atomic E-state index is -3.91. The number of benzene rings is 3. The van der Waals surface area contributed by atoms with Crippen LogP contribution in [0.4, 0.5) is 11.4 Å². The smallest absolute Gasteiger partial charge is 0.257 e. The van der Waals surface area contributed by atoms with Gasteiger partial charge in [0.1, 0.15) is 4.90 Å². The van der Waals surface area contributed by atoms with Crippen LogP contribution in [0.5, 0.6) is 0 Å². The van der Waals surface area contributed by atoms with Crippen molar-refractivity contribution in [1.29, 1.82) is 0 Å². The number of sulfonamides is 1. The van der Waals surface area contributed by atoms with Crippen LogP contribution in [0, 0.1) is 0 Å². The summed E-state index contributed by atoms with van der Waals surface area (Å²) in [5.41, 5.74) is 1.05. The molecule has 1 fully saturated rings. The average molecular weight is 534 g/mol. The second kappa shape index (κ2) is 10.8. The highest BCUT2D eigenvalue weighted by Crippen LogP contribution is 2.27. The summed E-state index contributed by atoms with van der Waals surface area (Å²) in [6, 6.07) is 17.2. The summed E-state index contributed by atoms with van der Waals surface area (Å²) in [7, 11) is -3.91. The molecule has 2 N–H and O–H groups in total. The molecule has 0 aromatic heterocycles. The molecule has 35 heavy (non-hydrogen) atoms. The number of hydrogen-bond donors (Lipinski definition) is 2. The molecule has 0 radical (unpaired) electrons. The van der Waals surface area contributed by atoms with Crippen molar-refractivity contribution < 1.29 is 22.7 Å². The zero-order valence-corrected chi connectivity index (χ0v) is 20.7. The predicted molar refractivity (Wildman–Crippen MR) is 135 cm³/mol. The van der Waals surface area contributed by atoms with Crippen molar-refractivity contribution in [2.45, 2.75) is 4.90 Å². The number of carbonyl (C=O) groups excluding carboxylic acids is 2. The molecule has 1 saturated heterocycles. The number of morpholine rings is 1. The van der Waals surface area contributed by atoms with Crippen LogP contribution in [0.15, 0.2) is 71.6 Å². The number of carbonyl (C=O) groups is 2. The Bertz CT molecular complexity index is 1380. The van der Waals surface area contributed by atoms with E-state index in [9.17, 15) is 18.0 Å². The van der Waals surface area contributed by atoms with E-state index in [0.29, 0.717) is 10.7 Å². The molecule has 1 aliphatic heterocycles. The molecule has 3 aromatic carbocycles. The van der Waals surface area contributed by atoms with Gasteiger partial charge >= 0.3 is 0 Å². The fourth-order valence-electron chi connectivity index (χ4n) is 3.52. The van der Waals surface area contributed by atoms with Crippen LogP contribution in [0.3, 0.4) is 0 Å². The Morgan fingerprint density at radius 3 is 2.34 bits per heavy atom. The first kappa shape index (κ1) is 25.2.